The summed E-state index contributed by atoms with van der Waals surface area (Å²) < 4.78 is 0. The topological polar surface area (TPSA) is 104 Å². The molecule has 0 aromatic heterocycles. The predicted molar refractivity (Wildman–Crippen MR) is 76.3 cm³/mol. The van der Waals surface area contributed by atoms with Crippen LogP contribution in [0.3, 0.4) is 0 Å². The first-order valence-corrected chi connectivity index (χ1v) is 6.90. The van der Waals surface area contributed by atoms with Gasteiger partial charge in [0.2, 0.25) is 5.91 Å². The molecule has 1 aliphatic rings. The van der Waals surface area contributed by atoms with Crippen molar-refractivity contribution < 1.29 is 24.3 Å². The molecular formula is C15H16N2O5. The van der Waals surface area contributed by atoms with E-state index >= 15 is 0 Å². The van der Waals surface area contributed by atoms with Crippen molar-refractivity contribution in [3.05, 3.63) is 35.4 Å². The first-order valence-electron chi connectivity index (χ1n) is 6.90. The van der Waals surface area contributed by atoms with Gasteiger partial charge in [0.05, 0.1) is 11.1 Å². The molecule has 2 rings (SSSR count). The van der Waals surface area contributed by atoms with Crippen LogP contribution in [0.4, 0.5) is 0 Å². The van der Waals surface area contributed by atoms with E-state index in [1.54, 1.807) is 24.3 Å². The Labute approximate surface area is 126 Å². The van der Waals surface area contributed by atoms with Gasteiger partial charge < -0.3 is 10.4 Å². The van der Waals surface area contributed by atoms with Gasteiger partial charge in [-0.2, -0.15) is 0 Å². The van der Waals surface area contributed by atoms with Gasteiger partial charge in [0.1, 0.15) is 6.04 Å². The Morgan fingerprint density at radius 3 is 2.23 bits per heavy atom. The van der Waals surface area contributed by atoms with Crippen molar-refractivity contribution in [2.45, 2.75) is 25.8 Å². The Morgan fingerprint density at radius 2 is 1.73 bits per heavy atom. The number of nitrogens with one attached hydrogen (secondary N) is 1. The van der Waals surface area contributed by atoms with Gasteiger partial charge >= 0.3 is 5.97 Å². The highest BCUT2D eigenvalue weighted by Gasteiger charge is 2.40. The number of carboxylic acid groups (broad SMARTS) is 1. The summed E-state index contributed by atoms with van der Waals surface area (Å²) in [6.45, 7) is 1.65. The van der Waals surface area contributed by atoms with Crippen molar-refractivity contribution >= 4 is 23.7 Å². The normalized spacial score (nSPS) is 14.7. The monoisotopic (exact) mass is 304 g/mol. The van der Waals surface area contributed by atoms with Gasteiger partial charge in [-0.15, -0.1) is 0 Å². The van der Waals surface area contributed by atoms with E-state index in [0.29, 0.717) is 0 Å². The summed E-state index contributed by atoms with van der Waals surface area (Å²) >= 11 is 0. The first kappa shape index (κ1) is 15.7. The lowest BCUT2D eigenvalue weighted by molar-refractivity contribution is -0.137. The number of rotatable bonds is 6. The number of carbonyl (C=O) groups is 4. The molecule has 1 aromatic rings. The summed E-state index contributed by atoms with van der Waals surface area (Å²) in [6.07, 6.45) is 0.234. The van der Waals surface area contributed by atoms with Crippen LogP contribution in [0.2, 0.25) is 0 Å². The van der Waals surface area contributed by atoms with E-state index < -0.39 is 29.7 Å². The van der Waals surface area contributed by atoms with Crippen LogP contribution >= 0.6 is 0 Å². The quantitative estimate of drug-likeness (QED) is 0.593. The Morgan fingerprint density at radius 1 is 1.18 bits per heavy atom. The highest BCUT2D eigenvalue weighted by Crippen LogP contribution is 2.24. The maximum atomic E-state index is 12.2. The number of fused-ring (bicyclic) bond motifs is 1. The Balaban J connectivity index is 2.00. The van der Waals surface area contributed by atoms with Crippen molar-refractivity contribution in [3.8, 4) is 0 Å². The average Bonchev–Trinajstić information content (AvgIpc) is 2.75. The Kier molecular flexibility index (Phi) is 4.55. The smallest absolute Gasteiger partial charge is 0.303 e. The summed E-state index contributed by atoms with van der Waals surface area (Å²) in [5.41, 5.74) is 0.580. The first-order chi connectivity index (χ1) is 10.4. The lowest BCUT2D eigenvalue weighted by Crippen LogP contribution is -2.48. The minimum absolute atomic E-state index is 0.0539. The summed E-state index contributed by atoms with van der Waals surface area (Å²) in [5.74, 6) is -2.41. The van der Waals surface area contributed by atoms with Crippen LogP contribution in [0, 0.1) is 0 Å². The molecule has 0 bridgehead atoms. The third-order valence-corrected chi connectivity index (χ3v) is 3.46. The number of benzene rings is 1. The lowest BCUT2D eigenvalue weighted by atomic mass is 10.1. The molecule has 1 atom stereocenters. The zero-order chi connectivity index (χ0) is 16.3. The molecule has 22 heavy (non-hydrogen) atoms. The maximum absolute atomic E-state index is 12.2. The SMILES string of the molecule is CC(C(=O)NCCCC(=O)O)N1C(=O)c2ccccc2C1=O. The maximum Gasteiger partial charge on any atom is 0.303 e. The van der Waals surface area contributed by atoms with Crippen molar-refractivity contribution in [1.29, 1.82) is 0 Å². The molecule has 7 heteroatoms. The third-order valence-electron chi connectivity index (χ3n) is 3.46. The predicted octanol–water partition coefficient (Wildman–Crippen LogP) is 0.652. The highest BCUT2D eigenvalue weighted by atomic mass is 16.4. The number of hydrogen-bond donors (Lipinski definition) is 2. The van der Waals surface area contributed by atoms with E-state index in [4.69, 9.17) is 5.11 Å². The largest absolute Gasteiger partial charge is 0.481 e. The molecule has 0 fully saturated rings. The summed E-state index contributed by atoms with van der Waals surface area (Å²) in [6, 6.07) is 5.46. The number of imide groups is 1. The van der Waals surface area contributed by atoms with Gasteiger partial charge in [-0.1, -0.05) is 12.1 Å². The van der Waals surface area contributed by atoms with Crippen molar-refractivity contribution in [3.63, 3.8) is 0 Å². The van der Waals surface area contributed by atoms with Gasteiger partial charge in [-0.25, -0.2) is 0 Å². The minimum Gasteiger partial charge on any atom is -0.481 e. The zero-order valence-corrected chi connectivity index (χ0v) is 12.0. The molecule has 0 saturated carbocycles. The molecule has 3 amide bonds. The summed E-state index contributed by atoms with van der Waals surface area (Å²) in [4.78, 5) is 47.8. The fraction of sp³-hybridized carbons (Fsp3) is 0.333. The standard InChI is InChI=1S/C15H16N2O5/c1-9(13(20)16-8-4-7-12(18)19)17-14(21)10-5-2-3-6-11(10)15(17)22/h2-3,5-6,9H,4,7-8H2,1H3,(H,16,20)(H,18,19). The molecule has 116 valence electrons. The lowest BCUT2D eigenvalue weighted by Gasteiger charge is -2.21. The van der Waals surface area contributed by atoms with Crippen molar-refractivity contribution in [2.75, 3.05) is 6.54 Å². The molecular weight excluding hydrogens is 288 g/mol. The molecule has 1 aliphatic heterocycles. The molecule has 0 aliphatic carbocycles. The van der Waals surface area contributed by atoms with Crippen LogP contribution in [-0.4, -0.2) is 46.3 Å². The second-order valence-corrected chi connectivity index (χ2v) is 4.99. The number of carbonyl (C=O) groups excluding carboxylic acids is 3. The molecule has 0 spiro atoms. The molecule has 7 nitrogen and oxygen atoms in total. The number of nitrogens with zero attached hydrogens (tertiary/aromatic N) is 1. The van der Waals surface area contributed by atoms with Gasteiger partial charge in [0, 0.05) is 13.0 Å². The van der Waals surface area contributed by atoms with E-state index in [0.717, 1.165) is 4.90 Å². The van der Waals surface area contributed by atoms with Crippen LogP contribution < -0.4 is 5.32 Å². The summed E-state index contributed by atoms with van der Waals surface area (Å²) in [7, 11) is 0. The van der Waals surface area contributed by atoms with Crippen LogP contribution in [0.15, 0.2) is 24.3 Å². The second-order valence-electron chi connectivity index (χ2n) is 4.99. The zero-order valence-electron chi connectivity index (χ0n) is 12.0. The minimum atomic E-state index is -0.947. The van der Waals surface area contributed by atoms with E-state index in [1.165, 1.54) is 6.92 Å². The summed E-state index contributed by atoms with van der Waals surface area (Å²) in [5, 5.41) is 11.1. The van der Waals surface area contributed by atoms with E-state index in [-0.39, 0.29) is 30.5 Å². The molecule has 1 unspecified atom stereocenters. The average molecular weight is 304 g/mol. The Bertz CT molecular complexity index is 606. The van der Waals surface area contributed by atoms with Gasteiger partial charge in [0.15, 0.2) is 0 Å². The van der Waals surface area contributed by atoms with Crippen molar-refractivity contribution in [2.24, 2.45) is 0 Å². The van der Waals surface area contributed by atoms with Crippen LogP contribution in [0.1, 0.15) is 40.5 Å². The number of amides is 3. The van der Waals surface area contributed by atoms with Gasteiger partial charge in [-0.05, 0) is 25.5 Å². The third kappa shape index (κ3) is 2.98. The molecule has 2 N–H and O–H groups in total. The van der Waals surface area contributed by atoms with E-state index in [9.17, 15) is 19.2 Å². The second kappa shape index (κ2) is 6.38. The van der Waals surface area contributed by atoms with Crippen LogP contribution in [0.25, 0.3) is 0 Å². The fourth-order valence-corrected chi connectivity index (χ4v) is 2.28. The van der Waals surface area contributed by atoms with Gasteiger partial charge in [0.25, 0.3) is 11.8 Å². The molecule has 0 saturated heterocycles. The van der Waals surface area contributed by atoms with Crippen LogP contribution in [0.5, 0.6) is 0 Å². The molecule has 1 heterocycles. The van der Waals surface area contributed by atoms with Gasteiger partial charge in [-0.3, -0.25) is 24.1 Å². The van der Waals surface area contributed by atoms with Crippen molar-refractivity contribution in [1.82, 2.24) is 10.2 Å². The fourth-order valence-electron chi connectivity index (χ4n) is 2.28. The van der Waals surface area contributed by atoms with E-state index in [2.05, 4.69) is 5.32 Å². The van der Waals surface area contributed by atoms with E-state index in [1.807, 2.05) is 0 Å². The highest BCUT2D eigenvalue weighted by molar-refractivity contribution is 6.22. The number of aliphatic carboxylic acids is 1. The molecule has 0 radical (unpaired) electrons. The number of hydrogen-bond acceptors (Lipinski definition) is 4. The Hall–Kier alpha value is -2.70. The number of carboxylic acids is 1. The van der Waals surface area contributed by atoms with Crippen LogP contribution in [-0.2, 0) is 9.59 Å². The molecule has 1 aromatic carbocycles.